The van der Waals surface area contributed by atoms with E-state index in [0.29, 0.717) is 0 Å². The second-order valence-corrected chi connectivity index (χ2v) is 13.8. The summed E-state index contributed by atoms with van der Waals surface area (Å²) in [6.45, 7) is 37.7. The van der Waals surface area contributed by atoms with Crippen LogP contribution in [0.1, 0.15) is 89.0 Å². The van der Waals surface area contributed by atoms with Crippen molar-refractivity contribution < 1.29 is 0 Å². The summed E-state index contributed by atoms with van der Waals surface area (Å²) in [6.07, 6.45) is 0. The van der Waals surface area contributed by atoms with Crippen LogP contribution in [0.15, 0.2) is 0 Å². The van der Waals surface area contributed by atoms with E-state index in [1.165, 1.54) is 143 Å². The van der Waals surface area contributed by atoms with E-state index in [-0.39, 0.29) is 0 Å². The molecule has 0 aromatic heterocycles. The summed E-state index contributed by atoms with van der Waals surface area (Å²) in [7, 11) is 0. The largest absolute Gasteiger partial charge is 0.0444 e. The van der Waals surface area contributed by atoms with Gasteiger partial charge in [0.1, 0.15) is 0 Å². The average molecular weight is 553 g/mol. The van der Waals surface area contributed by atoms with Gasteiger partial charge in [-0.1, -0.05) is 0 Å². The van der Waals surface area contributed by atoms with Gasteiger partial charge in [0.25, 0.3) is 0 Å². The highest BCUT2D eigenvalue weighted by Gasteiger charge is 2.25. The molecular formula is C42H48. The first-order valence-corrected chi connectivity index (χ1v) is 15.8. The van der Waals surface area contributed by atoms with Crippen LogP contribution in [0.2, 0.25) is 0 Å². The molecule has 0 heterocycles. The minimum Gasteiger partial charge on any atom is -0.0444 e. The molecule has 0 saturated carbocycles. The first kappa shape index (κ1) is 28.7. The smallest absolute Gasteiger partial charge is 0.0107 e. The fraction of sp³-hybridized carbons (Fsp3) is 0.381. The van der Waals surface area contributed by atoms with E-state index in [1.54, 1.807) is 0 Å². The molecule has 6 aromatic carbocycles. The zero-order valence-corrected chi connectivity index (χ0v) is 29.0. The van der Waals surface area contributed by atoms with Crippen molar-refractivity contribution in [3.63, 3.8) is 0 Å². The van der Waals surface area contributed by atoms with Crippen molar-refractivity contribution in [2.24, 2.45) is 0 Å². The molecule has 0 radical (unpaired) electrons. The van der Waals surface area contributed by atoms with Crippen molar-refractivity contribution in [2.45, 2.75) is 111 Å². The molecule has 0 atom stereocenters. The average Bonchev–Trinajstić information content (AvgIpc) is 2.94. The van der Waals surface area contributed by atoms with E-state index in [0.717, 1.165) is 0 Å². The molecule has 6 aromatic rings. The molecule has 0 spiro atoms. The lowest BCUT2D eigenvalue weighted by molar-refractivity contribution is 1.24. The Bertz CT molecular complexity index is 1950. The highest BCUT2D eigenvalue weighted by atomic mass is 14.3. The van der Waals surface area contributed by atoms with Gasteiger partial charge in [0, 0.05) is 0 Å². The first-order chi connectivity index (χ1) is 19.6. The first-order valence-electron chi connectivity index (χ1n) is 15.8. The number of aryl methyl sites for hydroxylation is 12. The Balaban J connectivity index is 2.00. The van der Waals surface area contributed by atoms with Crippen LogP contribution >= 0.6 is 0 Å². The van der Waals surface area contributed by atoms with Crippen molar-refractivity contribution >= 4 is 53.9 Å². The Morgan fingerprint density at radius 3 is 0.333 bits per heavy atom. The Morgan fingerprint density at radius 2 is 0.214 bits per heavy atom. The standard InChI is InChI=1S/C42H48/c1-17-18(2)22(6)34-26(10)38-30(14)42-32(16)40-28(12)36-24(8)20(4)19(3)23(7)35(36)27(11)39(40)31(15)41(42)29(13)37(38)25(9)33(34)21(17)5/h1-16H3. The Labute approximate surface area is 253 Å². The Hall–Kier alpha value is -3.38. The SMILES string of the molecule is Cc1c(C)c(C)c2c(C)c3c(C)c4c(C)c5c(C)c6c(C)c(C)c(C)c(C)c6c(C)c5c(C)c4c(C)c3c(C)c2c1C. The van der Waals surface area contributed by atoms with Crippen LogP contribution in [-0.2, 0) is 0 Å². The predicted molar refractivity (Wildman–Crippen MR) is 190 cm³/mol. The predicted octanol–water partition coefficient (Wildman–Crippen LogP) is 12.4. The summed E-state index contributed by atoms with van der Waals surface area (Å²) in [5.74, 6) is 0. The topological polar surface area (TPSA) is 0 Å². The summed E-state index contributed by atoms with van der Waals surface area (Å²) in [5.41, 5.74) is 23.0. The summed E-state index contributed by atoms with van der Waals surface area (Å²) in [5, 5.41) is 14.6. The van der Waals surface area contributed by atoms with Crippen LogP contribution < -0.4 is 0 Å². The molecule has 6 rings (SSSR count). The maximum absolute atomic E-state index is 2.40. The van der Waals surface area contributed by atoms with Crippen LogP contribution in [0.4, 0.5) is 0 Å². The summed E-state index contributed by atoms with van der Waals surface area (Å²) < 4.78 is 0. The van der Waals surface area contributed by atoms with Crippen molar-refractivity contribution in [2.75, 3.05) is 0 Å². The molecule has 0 unspecified atom stereocenters. The van der Waals surface area contributed by atoms with Crippen LogP contribution in [0.25, 0.3) is 53.9 Å². The van der Waals surface area contributed by atoms with E-state index in [2.05, 4.69) is 111 Å². The molecule has 0 N–H and O–H groups in total. The number of rotatable bonds is 0. The van der Waals surface area contributed by atoms with Crippen molar-refractivity contribution in [1.29, 1.82) is 0 Å². The molecule has 0 heteroatoms. The maximum atomic E-state index is 2.40. The zero-order chi connectivity index (χ0) is 31.0. The van der Waals surface area contributed by atoms with Gasteiger partial charge in [-0.25, -0.2) is 0 Å². The van der Waals surface area contributed by atoms with E-state index < -0.39 is 0 Å². The summed E-state index contributed by atoms with van der Waals surface area (Å²) in [6, 6.07) is 0. The lowest BCUT2D eigenvalue weighted by Crippen LogP contribution is -2.04. The fourth-order valence-electron chi connectivity index (χ4n) is 9.44. The zero-order valence-electron chi connectivity index (χ0n) is 29.0. The van der Waals surface area contributed by atoms with E-state index in [1.807, 2.05) is 0 Å². The second kappa shape index (κ2) is 9.06. The van der Waals surface area contributed by atoms with E-state index >= 15 is 0 Å². The van der Waals surface area contributed by atoms with Crippen molar-refractivity contribution in [1.82, 2.24) is 0 Å². The minimum atomic E-state index is 1.43. The summed E-state index contributed by atoms with van der Waals surface area (Å²) >= 11 is 0. The van der Waals surface area contributed by atoms with Crippen LogP contribution in [0.5, 0.6) is 0 Å². The molecule has 0 aliphatic rings. The third-order valence-electron chi connectivity index (χ3n) is 12.1. The van der Waals surface area contributed by atoms with Gasteiger partial charge in [-0.2, -0.15) is 0 Å². The van der Waals surface area contributed by atoms with Crippen LogP contribution in [-0.4, -0.2) is 0 Å². The van der Waals surface area contributed by atoms with Crippen LogP contribution in [0, 0.1) is 111 Å². The van der Waals surface area contributed by atoms with Gasteiger partial charge in [-0.3, -0.25) is 0 Å². The number of hydrogen-bond donors (Lipinski definition) is 0. The third kappa shape index (κ3) is 3.19. The quantitative estimate of drug-likeness (QED) is 0.164. The lowest BCUT2D eigenvalue weighted by atomic mass is 9.77. The van der Waals surface area contributed by atoms with Gasteiger partial charge in [0.15, 0.2) is 0 Å². The molecule has 0 saturated heterocycles. The molecule has 0 amide bonds. The van der Waals surface area contributed by atoms with E-state index in [4.69, 9.17) is 0 Å². The lowest BCUT2D eigenvalue weighted by Gasteiger charge is -2.27. The Kier molecular flexibility index (Phi) is 6.20. The van der Waals surface area contributed by atoms with Gasteiger partial charge in [0.05, 0.1) is 0 Å². The van der Waals surface area contributed by atoms with Crippen molar-refractivity contribution in [3.8, 4) is 0 Å². The molecule has 42 heavy (non-hydrogen) atoms. The maximum Gasteiger partial charge on any atom is -0.0107 e. The molecule has 0 fully saturated rings. The van der Waals surface area contributed by atoms with Gasteiger partial charge >= 0.3 is 0 Å². The number of fused-ring (bicyclic) bond motifs is 5. The third-order valence-corrected chi connectivity index (χ3v) is 12.1. The molecule has 0 aliphatic carbocycles. The van der Waals surface area contributed by atoms with Gasteiger partial charge in [-0.05, 0) is 254 Å². The highest BCUT2D eigenvalue weighted by molar-refractivity contribution is 6.22. The normalized spacial score (nSPS) is 12.3. The number of hydrogen-bond acceptors (Lipinski definition) is 0. The minimum absolute atomic E-state index is 1.43. The molecule has 216 valence electrons. The van der Waals surface area contributed by atoms with Crippen molar-refractivity contribution in [3.05, 3.63) is 89.0 Å². The van der Waals surface area contributed by atoms with E-state index in [9.17, 15) is 0 Å². The van der Waals surface area contributed by atoms with Crippen LogP contribution in [0.3, 0.4) is 0 Å². The second-order valence-electron chi connectivity index (χ2n) is 13.8. The monoisotopic (exact) mass is 552 g/mol. The summed E-state index contributed by atoms with van der Waals surface area (Å²) in [4.78, 5) is 0. The molecule has 0 aliphatic heterocycles. The number of benzene rings is 6. The van der Waals surface area contributed by atoms with Gasteiger partial charge < -0.3 is 0 Å². The van der Waals surface area contributed by atoms with Gasteiger partial charge in [0.2, 0.25) is 0 Å². The molecular weight excluding hydrogens is 504 g/mol. The highest BCUT2D eigenvalue weighted by Crippen LogP contribution is 2.49. The van der Waals surface area contributed by atoms with Gasteiger partial charge in [-0.15, -0.1) is 0 Å². The Morgan fingerprint density at radius 1 is 0.119 bits per heavy atom. The molecule has 0 bridgehead atoms. The molecule has 0 nitrogen and oxygen atoms in total. The fourth-order valence-corrected chi connectivity index (χ4v) is 9.44.